The Labute approximate surface area is 174 Å². The van der Waals surface area contributed by atoms with Crippen LogP contribution in [0, 0.1) is 12.8 Å². The Bertz CT molecular complexity index is 879. The molecule has 4 rings (SSSR count). The maximum Gasteiger partial charge on any atom is 0.265 e. The van der Waals surface area contributed by atoms with Crippen molar-refractivity contribution < 1.29 is 14.3 Å². The molecular formula is C20H27N5O3S. The van der Waals surface area contributed by atoms with E-state index in [1.807, 2.05) is 30.0 Å². The van der Waals surface area contributed by atoms with Gasteiger partial charge in [-0.2, -0.15) is 5.10 Å². The maximum absolute atomic E-state index is 12.9. The number of nitrogens with zero attached hydrogens (tertiary/aromatic N) is 5. The second-order valence-electron chi connectivity index (χ2n) is 7.77. The van der Waals surface area contributed by atoms with Gasteiger partial charge in [0.25, 0.3) is 11.8 Å². The van der Waals surface area contributed by atoms with Gasteiger partial charge in [-0.3, -0.25) is 14.3 Å². The summed E-state index contributed by atoms with van der Waals surface area (Å²) < 4.78 is 7.09. The first-order chi connectivity index (χ1) is 14.0. The summed E-state index contributed by atoms with van der Waals surface area (Å²) in [6.07, 6.45) is 4.45. The van der Waals surface area contributed by atoms with Gasteiger partial charge in [-0.25, -0.2) is 4.98 Å². The number of piperidine rings is 1. The first kappa shape index (κ1) is 20.0. The molecule has 2 fully saturated rings. The molecule has 0 saturated carbocycles. The Hall–Kier alpha value is -2.26. The van der Waals surface area contributed by atoms with Gasteiger partial charge in [0.1, 0.15) is 4.88 Å². The van der Waals surface area contributed by atoms with E-state index >= 15 is 0 Å². The number of ether oxygens (including phenoxy) is 1. The normalized spacial score (nSPS) is 18.3. The summed E-state index contributed by atoms with van der Waals surface area (Å²) in [7, 11) is 1.86. The second kappa shape index (κ2) is 8.62. The van der Waals surface area contributed by atoms with Crippen LogP contribution in [0.1, 0.15) is 44.3 Å². The monoisotopic (exact) mass is 417 g/mol. The van der Waals surface area contributed by atoms with Crippen molar-refractivity contribution in [3.63, 3.8) is 0 Å². The number of aromatic nitrogens is 3. The Kier molecular flexibility index (Phi) is 5.96. The zero-order valence-electron chi connectivity index (χ0n) is 17.0. The van der Waals surface area contributed by atoms with Gasteiger partial charge in [0, 0.05) is 39.4 Å². The fraction of sp³-hybridized carbons (Fsp3) is 0.600. The molecule has 0 atom stereocenters. The van der Waals surface area contributed by atoms with Crippen LogP contribution >= 0.6 is 11.3 Å². The van der Waals surface area contributed by atoms with Crippen molar-refractivity contribution in [1.29, 1.82) is 0 Å². The average molecular weight is 418 g/mol. The van der Waals surface area contributed by atoms with Crippen LogP contribution in [0.2, 0.25) is 0 Å². The van der Waals surface area contributed by atoms with Gasteiger partial charge in [-0.05, 0) is 32.1 Å². The molecule has 2 saturated heterocycles. The van der Waals surface area contributed by atoms with E-state index in [1.54, 1.807) is 10.2 Å². The van der Waals surface area contributed by atoms with Gasteiger partial charge in [0.05, 0.1) is 35.7 Å². The van der Waals surface area contributed by atoms with Crippen LogP contribution in [-0.2, 0) is 18.2 Å². The van der Waals surface area contributed by atoms with Crippen molar-refractivity contribution in [2.24, 2.45) is 13.0 Å². The fourth-order valence-corrected chi connectivity index (χ4v) is 4.83. The van der Waals surface area contributed by atoms with Gasteiger partial charge in [0.2, 0.25) is 0 Å². The zero-order chi connectivity index (χ0) is 20.4. The lowest BCUT2D eigenvalue weighted by atomic mass is 9.91. The Balaban J connectivity index is 1.38. The molecule has 0 bridgehead atoms. The van der Waals surface area contributed by atoms with E-state index in [1.165, 1.54) is 11.3 Å². The highest BCUT2D eigenvalue weighted by atomic mass is 32.1. The van der Waals surface area contributed by atoms with Gasteiger partial charge >= 0.3 is 0 Å². The molecule has 29 heavy (non-hydrogen) atoms. The van der Waals surface area contributed by atoms with E-state index in [-0.39, 0.29) is 11.8 Å². The van der Waals surface area contributed by atoms with Gasteiger partial charge in [-0.1, -0.05) is 0 Å². The number of hydrogen-bond donors (Lipinski definition) is 0. The fourth-order valence-electron chi connectivity index (χ4n) is 4.07. The summed E-state index contributed by atoms with van der Waals surface area (Å²) in [4.78, 5) is 34.3. The van der Waals surface area contributed by atoms with Crippen LogP contribution in [0.15, 0.2) is 11.7 Å². The molecular weight excluding hydrogens is 390 g/mol. The number of likely N-dealkylation sites (tertiary alicyclic amines) is 1. The summed E-state index contributed by atoms with van der Waals surface area (Å²) in [5.41, 5.74) is 4.10. The van der Waals surface area contributed by atoms with Crippen LogP contribution in [0.25, 0.3) is 0 Å². The quantitative estimate of drug-likeness (QED) is 0.757. The average Bonchev–Trinajstić information content (AvgIpc) is 3.33. The molecule has 2 amide bonds. The van der Waals surface area contributed by atoms with E-state index in [4.69, 9.17) is 4.74 Å². The number of hydrogen-bond acceptors (Lipinski definition) is 6. The van der Waals surface area contributed by atoms with Crippen LogP contribution in [0.5, 0.6) is 0 Å². The SMILES string of the molecule is Cc1ncsc1C(=O)N1CCC(Cc2nn(C)cc2C(=O)N2CCOCC2)CC1. The number of carbonyl (C=O) groups excluding carboxylic acids is 2. The van der Waals surface area contributed by atoms with Crippen LogP contribution in [0.3, 0.4) is 0 Å². The maximum atomic E-state index is 12.9. The molecule has 2 aromatic rings. The van der Waals surface area contributed by atoms with E-state index < -0.39 is 0 Å². The molecule has 0 aromatic carbocycles. The first-order valence-corrected chi connectivity index (χ1v) is 11.0. The van der Waals surface area contributed by atoms with Crippen molar-refractivity contribution in [2.75, 3.05) is 39.4 Å². The molecule has 2 aromatic heterocycles. The van der Waals surface area contributed by atoms with E-state index in [9.17, 15) is 9.59 Å². The Morgan fingerprint density at radius 3 is 2.48 bits per heavy atom. The number of carbonyl (C=O) groups is 2. The third-order valence-electron chi connectivity index (χ3n) is 5.76. The molecule has 0 radical (unpaired) electrons. The minimum absolute atomic E-state index is 0.0460. The summed E-state index contributed by atoms with van der Waals surface area (Å²) >= 11 is 1.41. The summed E-state index contributed by atoms with van der Waals surface area (Å²) in [6.45, 7) is 5.79. The lowest BCUT2D eigenvalue weighted by Gasteiger charge is -2.32. The van der Waals surface area contributed by atoms with E-state index in [0.717, 1.165) is 48.6 Å². The molecule has 8 nitrogen and oxygen atoms in total. The highest BCUT2D eigenvalue weighted by molar-refractivity contribution is 7.11. The lowest BCUT2D eigenvalue weighted by molar-refractivity contribution is 0.0302. The third-order valence-corrected chi connectivity index (χ3v) is 6.67. The highest BCUT2D eigenvalue weighted by Gasteiger charge is 2.29. The molecule has 0 unspecified atom stereocenters. The minimum atomic E-state index is 0.0460. The van der Waals surface area contributed by atoms with Gasteiger partial charge < -0.3 is 14.5 Å². The molecule has 0 N–H and O–H groups in total. The summed E-state index contributed by atoms with van der Waals surface area (Å²) in [6, 6.07) is 0. The molecule has 9 heteroatoms. The zero-order valence-corrected chi connectivity index (χ0v) is 17.8. The van der Waals surface area contributed by atoms with Crippen molar-refractivity contribution in [2.45, 2.75) is 26.2 Å². The first-order valence-electron chi connectivity index (χ1n) is 10.1. The number of morpholine rings is 1. The molecule has 0 spiro atoms. The summed E-state index contributed by atoms with van der Waals surface area (Å²) in [5, 5.41) is 4.58. The van der Waals surface area contributed by atoms with E-state index in [2.05, 4.69) is 10.1 Å². The topological polar surface area (TPSA) is 80.6 Å². The molecule has 2 aliphatic rings. The molecule has 156 valence electrons. The van der Waals surface area contributed by atoms with Crippen molar-refractivity contribution in [1.82, 2.24) is 24.6 Å². The Morgan fingerprint density at radius 2 is 1.83 bits per heavy atom. The van der Waals surface area contributed by atoms with Crippen LogP contribution < -0.4 is 0 Å². The van der Waals surface area contributed by atoms with E-state index in [0.29, 0.717) is 37.8 Å². The second-order valence-corrected chi connectivity index (χ2v) is 8.63. The predicted molar refractivity (Wildman–Crippen MR) is 109 cm³/mol. The smallest absolute Gasteiger partial charge is 0.265 e. The van der Waals surface area contributed by atoms with Crippen molar-refractivity contribution >= 4 is 23.2 Å². The number of amides is 2. The Morgan fingerprint density at radius 1 is 1.14 bits per heavy atom. The third kappa shape index (κ3) is 4.35. The molecule has 0 aliphatic carbocycles. The van der Waals surface area contributed by atoms with Crippen LogP contribution in [-0.4, -0.2) is 75.8 Å². The molecule has 4 heterocycles. The number of rotatable bonds is 4. The van der Waals surface area contributed by atoms with Gasteiger partial charge in [0.15, 0.2) is 0 Å². The lowest BCUT2D eigenvalue weighted by Crippen LogP contribution is -2.41. The summed E-state index contributed by atoms with van der Waals surface area (Å²) in [5.74, 6) is 0.557. The highest BCUT2D eigenvalue weighted by Crippen LogP contribution is 2.25. The van der Waals surface area contributed by atoms with Gasteiger partial charge in [-0.15, -0.1) is 11.3 Å². The standard InChI is InChI=1S/C20H27N5O3S/c1-14-18(29-13-21-14)20(27)24-5-3-15(4-6-24)11-17-16(12-23(2)22-17)19(26)25-7-9-28-10-8-25/h12-13,15H,3-11H2,1-2H3. The predicted octanol–water partition coefficient (Wildman–Crippen LogP) is 1.75. The molecule has 2 aliphatic heterocycles. The van der Waals surface area contributed by atoms with Crippen LogP contribution in [0.4, 0.5) is 0 Å². The number of aryl methyl sites for hydroxylation is 2. The largest absolute Gasteiger partial charge is 0.378 e. The number of thiazole rings is 1. The minimum Gasteiger partial charge on any atom is -0.378 e. The van der Waals surface area contributed by atoms with Crippen molar-refractivity contribution in [3.05, 3.63) is 33.5 Å². The van der Waals surface area contributed by atoms with Crippen molar-refractivity contribution in [3.8, 4) is 0 Å².